The van der Waals surface area contributed by atoms with E-state index in [-0.39, 0.29) is 23.7 Å². The van der Waals surface area contributed by atoms with Gasteiger partial charge < -0.3 is 5.73 Å². The zero-order valence-corrected chi connectivity index (χ0v) is 9.87. The number of nitrogen functional groups attached to an aromatic ring is 1. The molecule has 2 unspecified atom stereocenters. The average Bonchev–Trinajstić information content (AvgIpc) is 2.64. The summed E-state index contributed by atoms with van der Waals surface area (Å²) in [6.07, 6.45) is 5.26. The van der Waals surface area contributed by atoms with E-state index in [0.29, 0.717) is 24.2 Å². The van der Waals surface area contributed by atoms with Crippen LogP contribution in [0.3, 0.4) is 0 Å². The van der Waals surface area contributed by atoms with Gasteiger partial charge in [-0.2, -0.15) is 0 Å². The molecule has 3 rings (SSSR count). The van der Waals surface area contributed by atoms with Gasteiger partial charge in [-0.1, -0.05) is 24.3 Å². The summed E-state index contributed by atoms with van der Waals surface area (Å²) in [5.41, 5.74) is 6.83. The summed E-state index contributed by atoms with van der Waals surface area (Å²) >= 11 is 0. The highest BCUT2D eigenvalue weighted by Gasteiger charge is 2.48. The molecule has 1 aliphatic heterocycles. The number of amides is 2. The predicted molar refractivity (Wildman–Crippen MR) is 68.7 cm³/mol. The first kappa shape index (κ1) is 11.0. The van der Waals surface area contributed by atoms with Crippen LogP contribution >= 0.6 is 0 Å². The van der Waals surface area contributed by atoms with Crippen LogP contribution in [0.4, 0.5) is 11.4 Å². The Kier molecular flexibility index (Phi) is 2.44. The van der Waals surface area contributed by atoms with Gasteiger partial charge in [-0.25, -0.2) is 4.90 Å². The molecule has 1 fully saturated rings. The van der Waals surface area contributed by atoms with Crippen LogP contribution in [-0.2, 0) is 9.59 Å². The third-order valence-corrected chi connectivity index (χ3v) is 3.69. The Morgan fingerprint density at radius 1 is 1.00 bits per heavy atom. The summed E-state index contributed by atoms with van der Waals surface area (Å²) < 4.78 is 0. The molecule has 2 atom stereocenters. The standard InChI is InChI=1S/C14H14N2O2/c15-11-7-3-4-8-12(11)16-13(17)9-5-1-2-6-10(9)14(16)18/h1-4,7-10H,5-6,15H2. The molecule has 4 nitrogen and oxygen atoms in total. The monoisotopic (exact) mass is 242 g/mol. The number of allylic oxidation sites excluding steroid dienone is 2. The lowest BCUT2D eigenvalue weighted by Crippen LogP contribution is -2.31. The van der Waals surface area contributed by atoms with Crippen molar-refractivity contribution in [3.8, 4) is 0 Å². The van der Waals surface area contributed by atoms with Crippen molar-refractivity contribution in [3.63, 3.8) is 0 Å². The van der Waals surface area contributed by atoms with Crippen LogP contribution in [0.2, 0.25) is 0 Å². The minimum absolute atomic E-state index is 0.118. The van der Waals surface area contributed by atoms with Crippen LogP contribution in [0.25, 0.3) is 0 Å². The van der Waals surface area contributed by atoms with Gasteiger partial charge in [0.2, 0.25) is 11.8 Å². The van der Waals surface area contributed by atoms with Crippen molar-refractivity contribution < 1.29 is 9.59 Å². The first-order valence-corrected chi connectivity index (χ1v) is 6.07. The van der Waals surface area contributed by atoms with Crippen molar-refractivity contribution >= 4 is 23.2 Å². The minimum Gasteiger partial charge on any atom is -0.397 e. The largest absolute Gasteiger partial charge is 0.397 e. The molecule has 0 bridgehead atoms. The number of imide groups is 1. The van der Waals surface area contributed by atoms with E-state index in [9.17, 15) is 9.59 Å². The fourth-order valence-electron chi connectivity index (χ4n) is 2.73. The second kappa shape index (κ2) is 3.98. The Labute approximate surface area is 105 Å². The van der Waals surface area contributed by atoms with Gasteiger partial charge in [-0.15, -0.1) is 0 Å². The van der Waals surface area contributed by atoms with E-state index >= 15 is 0 Å². The number of anilines is 2. The lowest BCUT2D eigenvalue weighted by Gasteiger charge is -2.16. The van der Waals surface area contributed by atoms with E-state index in [2.05, 4.69) is 0 Å². The van der Waals surface area contributed by atoms with Gasteiger partial charge in [0.25, 0.3) is 0 Å². The minimum atomic E-state index is -0.206. The Balaban J connectivity index is 2.02. The number of carbonyl (C=O) groups excluding carboxylic acids is 2. The van der Waals surface area contributed by atoms with Crippen molar-refractivity contribution in [3.05, 3.63) is 36.4 Å². The number of hydrogen-bond acceptors (Lipinski definition) is 3. The number of nitrogens with zero attached hydrogens (tertiary/aromatic N) is 1. The molecule has 0 saturated carbocycles. The summed E-state index contributed by atoms with van der Waals surface area (Å²) in [7, 11) is 0. The summed E-state index contributed by atoms with van der Waals surface area (Å²) in [5, 5.41) is 0. The fourth-order valence-corrected chi connectivity index (χ4v) is 2.73. The Hall–Kier alpha value is -2.10. The fraction of sp³-hybridized carbons (Fsp3) is 0.286. The van der Waals surface area contributed by atoms with Gasteiger partial charge in [0.05, 0.1) is 23.2 Å². The number of hydrogen-bond donors (Lipinski definition) is 1. The number of rotatable bonds is 1. The SMILES string of the molecule is Nc1ccccc1N1C(=O)C2CC=CCC2C1=O. The molecule has 2 amide bonds. The molecule has 4 heteroatoms. The van der Waals surface area contributed by atoms with Crippen LogP contribution in [0, 0.1) is 11.8 Å². The molecule has 1 aromatic carbocycles. The zero-order chi connectivity index (χ0) is 12.7. The maximum absolute atomic E-state index is 12.3. The van der Waals surface area contributed by atoms with Crippen LogP contribution in [0.5, 0.6) is 0 Å². The highest BCUT2D eigenvalue weighted by Crippen LogP contribution is 2.39. The van der Waals surface area contributed by atoms with Crippen molar-refractivity contribution in [2.24, 2.45) is 11.8 Å². The summed E-state index contributed by atoms with van der Waals surface area (Å²) in [4.78, 5) is 25.9. The molecule has 92 valence electrons. The molecule has 1 heterocycles. The molecule has 0 radical (unpaired) electrons. The number of carbonyl (C=O) groups is 2. The molecule has 0 aromatic heterocycles. The lowest BCUT2D eigenvalue weighted by molar-refractivity contribution is -0.122. The van der Waals surface area contributed by atoms with Crippen LogP contribution in [-0.4, -0.2) is 11.8 Å². The van der Waals surface area contributed by atoms with Gasteiger partial charge in [0, 0.05) is 0 Å². The van der Waals surface area contributed by atoms with Crippen molar-refractivity contribution in [2.75, 3.05) is 10.6 Å². The molecule has 0 spiro atoms. The van der Waals surface area contributed by atoms with Crippen LogP contribution in [0.15, 0.2) is 36.4 Å². The Morgan fingerprint density at radius 2 is 1.56 bits per heavy atom. The summed E-state index contributed by atoms with van der Waals surface area (Å²) in [6, 6.07) is 7.00. The zero-order valence-electron chi connectivity index (χ0n) is 9.87. The van der Waals surface area contributed by atoms with Crippen LogP contribution < -0.4 is 10.6 Å². The maximum atomic E-state index is 12.3. The van der Waals surface area contributed by atoms with E-state index in [1.165, 1.54) is 4.90 Å². The molecule has 1 aromatic rings. The topological polar surface area (TPSA) is 63.4 Å². The Morgan fingerprint density at radius 3 is 2.11 bits per heavy atom. The average molecular weight is 242 g/mol. The maximum Gasteiger partial charge on any atom is 0.238 e. The van der Waals surface area contributed by atoms with Gasteiger partial charge in [-0.05, 0) is 25.0 Å². The van der Waals surface area contributed by atoms with E-state index in [4.69, 9.17) is 5.73 Å². The van der Waals surface area contributed by atoms with E-state index in [0.717, 1.165) is 0 Å². The van der Waals surface area contributed by atoms with E-state index < -0.39 is 0 Å². The molecular weight excluding hydrogens is 228 g/mol. The second-order valence-corrected chi connectivity index (χ2v) is 4.73. The van der Waals surface area contributed by atoms with Crippen molar-refractivity contribution in [2.45, 2.75) is 12.8 Å². The first-order valence-electron chi connectivity index (χ1n) is 6.07. The second-order valence-electron chi connectivity index (χ2n) is 4.73. The van der Waals surface area contributed by atoms with Gasteiger partial charge >= 0.3 is 0 Å². The molecular formula is C14H14N2O2. The Bertz CT molecular complexity index is 524. The smallest absolute Gasteiger partial charge is 0.238 e. The van der Waals surface area contributed by atoms with Gasteiger partial charge in [-0.3, -0.25) is 9.59 Å². The number of para-hydroxylation sites is 2. The first-order chi connectivity index (χ1) is 8.70. The molecule has 2 aliphatic rings. The van der Waals surface area contributed by atoms with E-state index in [1.807, 2.05) is 12.2 Å². The van der Waals surface area contributed by atoms with Gasteiger partial charge in [0.15, 0.2) is 0 Å². The third-order valence-electron chi connectivity index (χ3n) is 3.69. The third kappa shape index (κ3) is 1.45. The van der Waals surface area contributed by atoms with Crippen molar-refractivity contribution in [1.82, 2.24) is 0 Å². The molecule has 1 saturated heterocycles. The number of nitrogens with two attached hydrogens (primary N) is 1. The van der Waals surface area contributed by atoms with Gasteiger partial charge in [0.1, 0.15) is 0 Å². The molecule has 18 heavy (non-hydrogen) atoms. The number of fused-ring (bicyclic) bond motifs is 1. The van der Waals surface area contributed by atoms with Crippen LogP contribution in [0.1, 0.15) is 12.8 Å². The highest BCUT2D eigenvalue weighted by molar-refractivity contribution is 6.23. The molecule has 1 aliphatic carbocycles. The predicted octanol–water partition coefficient (Wildman–Crippen LogP) is 1.72. The van der Waals surface area contributed by atoms with E-state index in [1.54, 1.807) is 24.3 Å². The lowest BCUT2D eigenvalue weighted by atomic mass is 9.85. The molecule has 2 N–H and O–H groups in total. The number of benzene rings is 1. The van der Waals surface area contributed by atoms with Crippen molar-refractivity contribution in [1.29, 1.82) is 0 Å². The quantitative estimate of drug-likeness (QED) is 0.463. The normalized spacial score (nSPS) is 26.6. The summed E-state index contributed by atoms with van der Waals surface area (Å²) in [6.45, 7) is 0. The highest BCUT2D eigenvalue weighted by atomic mass is 16.2. The summed E-state index contributed by atoms with van der Waals surface area (Å²) in [5.74, 6) is -0.649.